The van der Waals surface area contributed by atoms with Gasteiger partial charge in [0.1, 0.15) is 0 Å². The molecule has 0 aromatic carbocycles. The summed E-state index contributed by atoms with van der Waals surface area (Å²) >= 11 is 0. The molecule has 4 heteroatoms. The largest absolute Gasteiger partial charge is 0.394 e. The van der Waals surface area contributed by atoms with Crippen LogP contribution in [0, 0.1) is 0 Å². The van der Waals surface area contributed by atoms with Crippen molar-refractivity contribution < 1.29 is 15.0 Å². The molecule has 0 aliphatic rings. The van der Waals surface area contributed by atoms with Gasteiger partial charge >= 0.3 is 0 Å². The molecule has 2 unspecified atom stereocenters. The van der Waals surface area contributed by atoms with Gasteiger partial charge in [0.05, 0.1) is 18.8 Å². The predicted molar refractivity (Wildman–Crippen MR) is 188 cm³/mol. The molecule has 0 saturated heterocycles. The van der Waals surface area contributed by atoms with E-state index >= 15 is 0 Å². The van der Waals surface area contributed by atoms with Crippen molar-refractivity contribution in [3.63, 3.8) is 0 Å². The van der Waals surface area contributed by atoms with Crippen LogP contribution in [0.5, 0.6) is 0 Å². The number of hydrogen-bond donors (Lipinski definition) is 3. The molecule has 0 heterocycles. The summed E-state index contributed by atoms with van der Waals surface area (Å²) in [4.78, 5) is 12.2. The fraction of sp³-hybridized carbons (Fsp3) is 0.769. The summed E-state index contributed by atoms with van der Waals surface area (Å²) in [6.45, 7) is 4.13. The summed E-state index contributed by atoms with van der Waals surface area (Å²) in [5.41, 5.74) is 0. The van der Waals surface area contributed by atoms with Crippen LogP contribution in [-0.2, 0) is 4.79 Å². The van der Waals surface area contributed by atoms with E-state index in [4.69, 9.17) is 0 Å². The number of hydrogen-bond acceptors (Lipinski definition) is 3. The van der Waals surface area contributed by atoms with E-state index in [0.29, 0.717) is 12.8 Å². The predicted octanol–water partition coefficient (Wildman–Crippen LogP) is 10.8. The van der Waals surface area contributed by atoms with Gasteiger partial charge in [-0.05, 0) is 51.4 Å². The second-order valence-corrected chi connectivity index (χ2v) is 12.3. The van der Waals surface area contributed by atoms with Crippen LogP contribution in [-0.4, -0.2) is 34.9 Å². The van der Waals surface area contributed by atoms with Gasteiger partial charge in [-0.3, -0.25) is 4.79 Å². The molecule has 3 N–H and O–H groups in total. The van der Waals surface area contributed by atoms with E-state index in [9.17, 15) is 15.0 Å². The Morgan fingerprint density at radius 3 is 1.51 bits per heavy atom. The smallest absolute Gasteiger partial charge is 0.220 e. The lowest BCUT2D eigenvalue weighted by atomic mass is 10.0. The fourth-order valence-electron chi connectivity index (χ4n) is 5.29. The van der Waals surface area contributed by atoms with E-state index in [1.165, 1.54) is 83.5 Å². The van der Waals surface area contributed by atoms with Crippen LogP contribution in [0.3, 0.4) is 0 Å². The van der Waals surface area contributed by atoms with Gasteiger partial charge in [-0.25, -0.2) is 0 Å². The van der Waals surface area contributed by atoms with Crippen molar-refractivity contribution in [3.8, 4) is 0 Å². The Morgan fingerprint density at radius 1 is 0.581 bits per heavy atom. The maximum atomic E-state index is 12.2. The summed E-state index contributed by atoms with van der Waals surface area (Å²) in [7, 11) is 0. The topological polar surface area (TPSA) is 69.6 Å². The van der Waals surface area contributed by atoms with Crippen LogP contribution >= 0.6 is 0 Å². The summed E-state index contributed by atoms with van der Waals surface area (Å²) in [6.07, 6.45) is 46.5. The third-order valence-corrected chi connectivity index (χ3v) is 8.10. The molecule has 43 heavy (non-hydrogen) atoms. The number of allylic oxidation sites excluding steroid dienone is 8. The summed E-state index contributed by atoms with van der Waals surface area (Å²) in [5, 5.41) is 22.6. The summed E-state index contributed by atoms with van der Waals surface area (Å²) in [5.74, 6) is -0.0440. The number of amides is 1. The van der Waals surface area contributed by atoms with E-state index in [-0.39, 0.29) is 12.5 Å². The van der Waals surface area contributed by atoms with Crippen molar-refractivity contribution in [2.75, 3.05) is 6.61 Å². The van der Waals surface area contributed by atoms with E-state index in [0.717, 1.165) is 64.2 Å². The highest BCUT2D eigenvalue weighted by atomic mass is 16.3. The van der Waals surface area contributed by atoms with Crippen LogP contribution in [0.2, 0.25) is 0 Å². The number of aliphatic hydroxyl groups is 2. The quantitative estimate of drug-likeness (QED) is 0.0530. The molecule has 0 aliphatic carbocycles. The van der Waals surface area contributed by atoms with Crippen LogP contribution < -0.4 is 5.32 Å². The van der Waals surface area contributed by atoms with Gasteiger partial charge in [-0.1, -0.05) is 165 Å². The Bertz CT molecular complexity index is 697. The molecule has 0 aromatic rings. The lowest BCUT2D eigenvalue weighted by Gasteiger charge is -2.22. The molecule has 1 amide bonds. The SMILES string of the molecule is CC/C=C\C/C=C\C/C=C\C/C=C\CCCCCCCCCCCCCCCCC(=O)NC(CO)C(O)CCCCCC. The second-order valence-electron chi connectivity index (χ2n) is 12.3. The number of rotatable bonds is 32. The van der Waals surface area contributed by atoms with Crippen LogP contribution in [0.1, 0.15) is 174 Å². The first kappa shape index (κ1) is 41.4. The number of unbranched alkanes of at least 4 members (excludes halogenated alkanes) is 17. The molecule has 0 aliphatic heterocycles. The third-order valence-electron chi connectivity index (χ3n) is 8.10. The molecule has 0 rings (SSSR count). The van der Waals surface area contributed by atoms with Gasteiger partial charge in [-0.15, -0.1) is 0 Å². The van der Waals surface area contributed by atoms with Crippen molar-refractivity contribution in [2.24, 2.45) is 0 Å². The van der Waals surface area contributed by atoms with Crippen LogP contribution in [0.15, 0.2) is 48.6 Å². The monoisotopic (exact) mass is 602 g/mol. The van der Waals surface area contributed by atoms with Gasteiger partial charge in [0.2, 0.25) is 5.91 Å². The number of carbonyl (C=O) groups excluding carboxylic acids is 1. The fourth-order valence-corrected chi connectivity index (χ4v) is 5.29. The van der Waals surface area contributed by atoms with E-state index in [2.05, 4.69) is 67.8 Å². The lowest BCUT2D eigenvalue weighted by Crippen LogP contribution is -2.45. The van der Waals surface area contributed by atoms with Crippen molar-refractivity contribution in [3.05, 3.63) is 48.6 Å². The Morgan fingerprint density at radius 2 is 1.02 bits per heavy atom. The minimum atomic E-state index is -0.655. The summed E-state index contributed by atoms with van der Waals surface area (Å²) in [6, 6.07) is -0.532. The van der Waals surface area contributed by atoms with Gasteiger partial charge in [0, 0.05) is 6.42 Å². The minimum absolute atomic E-state index is 0.0440. The van der Waals surface area contributed by atoms with Crippen LogP contribution in [0.25, 0.3) is 0 Å². The first-order valence-corrected chi connectivity index (χ1v) is 18.3. The van der Waals surface area contributed by atoms with Gasteiger partial charge in [-0.2, -0.15) is 0 Å². The molecule has 4 nitrogen and oxygen atoms in total. The second kappa shape index (κ2) is 34.8. The van der Waals surface area contributed by atoms with E-state index in [1.807, 2.05) is 0 Å². The van der Waals surface area contributed by atoms with Crippen molar-refractivity contribution >= 4 is 5.91 Å². The highest BCUT2D eigenvalue weighted by Crippen LogP contribution is 2.14. The standard InChI is InChI=1S/C39H71NO3/c1-3-5-7-9-10-11-12-13-14-15-16-17-18-19-20-21-22-23-24-25-26-27-28-29-30-31-33-35-39(43)40-37(36-41)38(42)34-32-8-6-4-2/h5,7,10-11,13-14,16-17,37-38,41-42H,3-4,6,8-9,12,15,18-36H2,1-2H3,(H,40,43)/b7-5-,11-10-,14-13-,17-16-. The number of nitrogens with one attached hydrogen (secondary N) is 1. The first-order chi connectivity index (χ1) is 21.2. The Labute approximate surface area is 267 Å². The molecular weight excluding hydrogens is 530 g/mol. The average molecular weight is 602 g/mol. The molecule has 2 atom stereocenters. The molecule has 0 fully saturated rings. The van der Waals surface area contributed by atoms with Crippen molar-refractivity contribution in [1.82, 2.24) is 5.32 Å². The van der Waals surface area contributed by atoms with Crippen LogP contribution in [0.4, 0.5) is 0 Å². The maximum absolute atomic E-state index is 12.2. The summed E-state index contributed by atoms with van der Waals surface area (Å²) < 4.78 is 0. The van der Waals surface area contributed by atoms with E-state index in [1.54, 1.807) is 0 Å². The van der Waals surface area contributed by atoms with Gasteiger partial charge < -0.3 is 15.5 Å². The third kappa shape index (κ3) is 31.6. The Hall–Kier alpha value is -1.65. The lowest BCUT2D eigenvalue weighted by molar-refractivity contribution is -0.123. The van der Waals surface area contributed by atoms with Crippen molar-refractivity contribution in [2.45, 2.75) is 187 Å². The normalized spacial score (nSPS) is 13.7. The first-order valence-electron chi connectivity index (χ1n) is 18.3. The molecule has 0 radical (unpaired) electrons. The maximum Gasteiger partial charge on any atom is 0.220 e. The number of aliphatic hydroxyl groups excluding tert-OH is 2. The zero-order chi connectivity index (χ0) is 31.5. The molecule has 0 aromatic heterocycles. The molecule has 0 spiro atoms. The highest BCUT2D eigenvalue weighted by molar-refractivity contribution is 5.76. The average Bonchev–Trinajstić information content (AvgIpc) is 3.01. The zero-order valence-electron chi connectivity index (χ0n) is 28.5. The van der Waals surface area contributed by atoms with E-state index < -0.39 is 12.1 Å². The number of carbonyl (C=O) groups is 1. The molecule has 250 valence electrons. The molecular formula is C39H71NO3. The minimum Gasteiger partial charge on any atom is -0.394 e. The van der Waals surface area contributed by atoms with Crippen molar-refractivity contribution in [1.29, 1.82) is 0 Å². The molecule has 0 saturated carbocycles. The zero-order valence-corrected chi connectivity index (χ0v) is 28.5. The molecule has 0 bridgehead atoms. The van der Waals surface area contributed by atoms with Gasteiger partial charge in [0.25, 0.3) is 0 Å². The highest BCUT2D eigenvalue weighted by Gasteiger charge is 2.19. The Kier molecular flexibility index (Phi) is 33.5. The Balaban J connectivity index is 3.42. The van der Waals surface area contributed by atoms with Gasteiger partial charge in [0.15, 0.2) is 0 Å².